The fourth-order valence-electron chi connectivity index (χ4n) is 1.49. The summed E-state index contributed by atoms with van der Waals surface area (Å²) in [4.78, 5) is 23.3. The SMILES string of the molecule is CCCNC(=O)[C@H](C)NC(=O)COc1ccc(Cl)cc1Br. The van der Waals surface area contributed by atoms with Gasteiger partial charge in [-0.2, -0.15) is 0 Å². The zero-order chi connectivity index (χ0) is 15.8. The van der Waals surface area contributed by atoms with Crippen LogP contribution in [0.2, 0.25) is 5.02 Å². The minimum atomic E-state index is -0.596. The highest BCUT2D eigenvalue weighted by Gasteiger charge is 2.15. The molecule has 0 saturated heterocycles. The second-order valence-corrected chi connectivity index (χ2v) is 5.73. The summed E-state index contributed by atoms with van der Waals surface area (Å²) in [5.74, 6) is -0.0634. The molecule has 7 heteroatoms. The van der Waals surface area contributed by atoms with E-state index in [2.05, 4.69) is 26.6 Å². The zero-order valence-corrected chi connectivity index (χ0v) is 14.3. The van der Waals surface area contributed by atoms with E-state index in [1.54, 1.807) is 25.1 Å². The van der Waals surface area contributed by atoms with Crippen LogP contribution in [0.3, 0.4) is 0 Å². The van der Waals surface area contributed by atoms with Crippen LogP contribution >= 0.6 is 27.5 Å². The van der Waals surface area contributed by atoms with Crippen LogP contribution in [0, 0.1) is 0 Å². The average molecular weight is 378 g/mol. The number of hydrogen-bond acceptors (Lipinski definition) is 3. The molecule has 0 bridgehead atoms. The number of carbonyl (C=O) groups excluding carboxylic acids is 2. The Morgan fingerprint density at radius 1 is 1.43 bits per heavy atom. The molecular weight excluding hydrogens is 360 g/mol. The summed E-state index contributed by atoms with van der Waals surface area (Å²) >= 11 is 9.11. The number of halogens is 2. The molecule has 0 aliphatic carbocycles. The fraction of sp³-hybridized carbons (Fsp3) is 0.429. The van der Waals surface area contributed by atoms with Gasteiger partial charge in [-0.3, -0.25) is 9.59 Å². The molecule has 0 radical (unpaired) electrons. The molecule has 2 N–H and O–H groups in total. The van der Waals surface area contributed by atoms with Crippen molar-refractivity contribution in [3.8, 4) is 5.75 Å². The number of ether oxygens (including phenoxy) is 1. The molecule has 1 rings (SSSR count). The molecule has 0 heterocycles. The van der Waals surface area contributed by atoms with Gasteiger partial charge >= 0.3 is 0 Å². The minimum absolute atomic E-state index is 0.175. The van der Waals surface area contributed by atoms with Crippen molar-refractivity contribution in [3.63, 3.8) is 0 Å². The van der Waals surface area contributed by atoms with Crippen molar-refractivity contribution in [1.82, 2.24) is 10.6 Å². The van der Waals surface area contributed by atoms with Gasteiger partial charge in [0.2, 0.25) is 5.91 Å². The predicted octanol–water partition coefficient (Wildman–Crippen LogP) is 2.51. The first-order valence-electron chi connectivity index (χ1n) is 6.59. The second-order valence-electron chi connectivity index (χ2n) is 4.44. The number of nitrogens with one attached hydrogen (secondary N) is 2. The summed E-state index contributed by atoms with van der Waals surface area (Å²) in [7, 11) is 0. The topological polar surface area (TPSA) is 67.4 Å². The summed E-state index contributed by atoms with van der Waals surface area (Å²) in [6.45, 7) is 4.00. The van der Waals surface area contributed by atoms with Crippen molar-refractivity contribution in [2.24, 2.45) is 0 Å². The molecule has 0 fully saturated rings. The standard InChI is InChI=1S/C14H18BrClN2O3/c1-3-6-17-14(20)9(2)18-13(19)8-21-12-5-4-10(16)7-11(12)15/h4-5,7,9H,3,6,8H2,1-2H3,(H,17,20)(H,18,19)/t9-/m0/s1. The largest absolute Gasteiger partial charge is 0.483 e. The van der Waals surface area contributed by atoms with Gasteiger partial charge in [-0.1, -0.05) is 18.5 Å². The number of amides is 2. The molecule has 1 aromatic carbocycles. The predicted molar refractivity (Wildman–Crippen MR) is 85.6 cm³/mol. The molecule has 116 valence electrons. The summed E-state index contributed by atoms with van der Waals surface area (Å²) in [6.07, 6.45) is 0.847. The van der Waals surface area contributed by atoms with E-state index in [0.29, 0.717) is 21.8 Å². The van der Waals surface area contributed by atoms with Crippen LogP contribution in [0.5, 0.6) is 5.75 Å². The van der Waals surface area contributed by atoms with Crippen LogP contribution in [-0.2, 0) is 9.59 Å². The molecule has 0 unspecified atom stereocenters. The van der Waals surface area contributed by atoms with Crippen LogP contribution in [-0.4, -0.2) is 31.0 Å². The first kappa shape index (κ1) is 17.8. The summed E-state index contributed by atoms with van der Waals surface area (Å²) < 4.78 is 6.03. The first-order valence-corrected chi connectivity index (χ1v) is 7.76. The van der Waals surface area contributed by atoms with E-state index < -0.39 is 6.04 Å². The van der Waals surface area contributed by atoms with Crippen molar-refractivity contribution in [1.29, 1.82) is 0 Å². The molecule has 0 aromatic heterocycles. The van der Waals surface area contributed by atoms with Crippen molar-refractivity contribution in [3.05, 3.63) is 27.7 Å². The maximum Gasteiger partial charge on any atom is 0.258 e. The van der Waals surface area contributed by atoms with Gasteiger partial charge in [0.1, 0.15) is 11.8 Å². The molecule has 21 heavy (non-hydrogen) atoms. The third kappa shape index (κ3) is 6.35. The van der Waals surface area contributed by atoms with Crippen LogP contribution in [0.25, 0.3) is 0 Å². The van der Waals surface area contributed by atoms with E-state index in [-0.39, 0.29) is 18.4 Å². The Labute approximate surface area is 137 Å². The molecule has 0 aliphatic heterocycles. The van der Waals surface area contributed by atoms with Gasteiger partial charge in [-0.25, -0.2) is 0 Å². The zero-order valence-electron chi connectivity index (χ0n) is 11.9. The Hall–Kier alpha value is -1.27. The van der Waals surface area contributed by atoms with Crippen LogP contribution in [0.4, 0.5) is 0 Å². The van der Waals surface area contributed by atoms with E-state index in [1.165, 1.54) is 0 Å². The van der Waals surface area contributed by atoms with Crippen molar-refractivity contribution < 1.29 is 14.3 Å². The monoisotopic (exact) mass is 376 g/mol. The summed E-state index contributed by atoms with van der Waals surface area (Å²) in [5, 5.41) is 5.85. The van der Waals surface area contributed by atoms with Crippen molar-refractivity contribution in [2.45, 2.75) is 26.3 Å². The molecule has 5 nitrogen and oxygen atoms in total. The first-order chi connectivity index (χ1) is 9.93. The highest BCUT2D eigenvalue weighted by Crippen LogP contribution is 2.27. The fourth-order valence-corrected chi connectivity index (χ4v) is 2.28. The third-order valence-electron chi connectivity index (χ3n) is 2.57. The number of rotatable bonds is 7. The second kappa shape index (κ2) is 8.89. The molecule has 0 spiro atoms. The molecule has 0 saturated carbocycles. The van der Waals surface area contributed by atoms with Gasteiger partial charge in [0.05, 0.1) is 4.47 Å². The van der Waals surface area contributed by atoms with Gasteiger partial charge in [0.15, 0.2) is 6.61 Å². The molecule has 2 amide bonds. The van der Waals surface area contributed by atoms with Gasteiger partial charge in [0, 0.05) is 11.6 Å². The van der Waals surface area contributed by atoms with Gasteiger partial charge < -0.3 is 15.4 Å². The van der Waals surface area contributed by atoms with E-state index in [9.17, 15) is 9.59 Å². The van der Waals surface area contributed by atoms with Crippen molar-refractivity contribution in [2.75, 3.05) is 13.2 Å². The molecule has 0 aliphatic rings. The summed E-state index contributed by atoms with van der Waals surface area (Å²) in [6, 6.07) is 4.41. The van der Waals surface area contributed by atoms with Crippen LogP contribution in [0.1, 0.15) is 20.3 Å². The maximum atomic E-state index is 11.7. The van der Waals surface area contributed by atoms with E-state index in [4.69, 9.17) is 16.3 Å². The Balaban J connectivity index is 2.41. The number of hydrogen-bond donors (Lipinski definition) is 2. The van der Waals surface area contributed by atoms with E-state index >= 15 is 0 Å². The van der Waals surface area contributed by atoms with Gasteiger partial charge in [0.25, 0.3) is 5.91 Å². The maximum absolute atomic E-state index is 11.7. The number of benzene rings is 1. The van der Waals surface area contributed by atoms with Crippen LogP contribution in [0.15, 0.2) is 22.7 Å². The Bertz CT molecular complexity index is 511. The highest BCUT2D eigenvalue weighted by atomic mass is 79.9. The van der Waals surface area contributed by atoms with Crippen molar-refractivity contribution >= 4 is 39.3 Å². The van der Waals surface area contributed by atoms with E-state index in [1.807, 2.05) is 6.92 Å². The van der Waals surface area contributed by atoms with Gasteiger partial charge in [-0.15, -0.1) is 0 Å². The van der Waals surface area contributed by atoms with Gasteiger partial charge in [-0.05, 0) is 47.5 Å². The summed E-state index contributed by atoms with van der Waals surface area (Å²) in [5.41, 5.74) is 0. The highest BCUT2D eigenvalue weighted by molar-refractivity contribution is 9.10. The molecular formula is C14H18BrClN2O3. The lowest BCUT2D eigenvalue weighted by atomic mass is 10.3. The normalized spacial score (nSPS) is 11.6. The Morgan fingerprint density at radius 3 is 2.76 bits per heavy atom. The Kier molecular flexibility index (Phi) is 7.53. The lowest BCUT2D eigenvalue weighted by Crippen LogP contribution is -2.46. The molecule has 1 aromatic rings. The Morgan fingerprint density at radius 2 is 2.14 bits per heavy atom. The smallest absolute Gasteiger partial charge is 0.258 e. The van der Waals surface area contributed by atoms with E-state index in [0.717, 1.165) is 6.42 Å². The lowest BCUT2D eigenvalue weighted by Gasteiger charge is -2.14. The van der Waals surface area contributed by atoms with Crippen LogP contribution < -0.4 is 15.4 Å². The molecule has 1 atom stereocenters. The third-order valence-corrected chi connectivity index (χ3v) is 3.43. The lowest BCUT2D eigenvalue weighted by molar-refractivity contribution is -0.129. The average Bonchev–Trinajstić information content (AvgIpc) is 2.43. The minimum Gasteiger partial charge on any atom is -0.483 e. The quantitative estimate of drug-likeness (QED) is 0.767. The number of carbonyl (C=O) groups is 2.